The highest BCUT2D eigenvalue weighted by Gasteiger charge is 2.57. The summed E-state index contributed by atoms with van der Waals surface area (Å²) in [5.41, 5.74) is 0.763. The van der Waals surface area contributed by atoms with Gasteiger partial charge in [-0.2, -0.15) is 0 Å². The lowest BCUT2D eigenvalue weighted by atomic mass is 9.60. The zero-order valence-electron chi connectivity index (χ0n) is 15.6. The summed E-state index contributed by atoms with van der Waals surface area (Å²) in [6, 6.07) is 13.1. The molecule has 6 rings (SSSR count). The Morgan fingerprint density at radius 3 is 2.86 bits per heavy atom. The minimum atomic E-state index is -0.674. The zero-order chi connectivity index (χ0) is 19.1. The number of fused-ring (bicyclic) bond motifs is 3. The first-order chi connectivity index (χ1) is 13.6. The van der Waals surface area contributed by atoms with Crippen LogP contribution in [0, 0.1) is 17.8 Å². The number of hydrogen-bond donors (Lipinski definition) is 2. The molecular weight excluding hydrogens is 354 g/mol. The first kappa shape index (κ1) is 17.2. The van der Waals surface area contributed by atoms with E-state index in [4.69, 9.17) is 4.74 Å². The number of aromatic nitrogens is 1. The fourth-order valence-corrected chi connectivity index (χ4v) is 5.09. The van der Waals surface area contributed by atoms with E-state index in [1.165, 1.54) is 0 Å². The summed E-state index contributed by atoms with van der Waals surface area (Å²) in [4.78, 5) is 29.7. The number of hydrogen-bond acceptors (Lipinski definition) is 4. The molecule has 1 spiro atoms. The summed E-state index contributed by atoms with van der Waals surface area (Å²) < 4.78 is 6.35. The summed E-state index contributed by atoms with van der Waals surface area (Å²) in [5.74, 6) is 0.962. The van der Waals surface area contributed by atoms with Gasteiger partial charge in [0.2, 0.25) is 5.91 Å². The van der Waals surface area contributed by atoms with Crippen LogP contribution in [-0.4, -0.2) is 22.5 Å². The van der Waals surface area contributed by atoms with Gasteiger partial charge < -0.3 is 15.4 Å². The summed E-state index contributed by atoms with van der Waals surface area (Å²) in [6.07, 6.45) is 5.11. The minimum Gasteiger partial charge on any atom is -0.467 e. The maximum atomic E-state index is 12.8. The van der Waals surface area contributed by atoms with E-state index in [1.807, 2.05) is 36.4 Å². The molecule has 2 aromatic rings. The number of carbonyl (C=O) groups excluding carboxylic acids is 2. The van der Waals surface area contributed by atoms with Crippen LogP contribution in [-0.2, 0) is 11.3 Å². The maximum absolute atomic E-state index is 12.8. The quantitative estimate of drug-likeness (QED) is 0.862. The molecule has 1 aromatic carbocycles. The molecule has 3 saturated carbocycles. The van der Waals surface area contributed by atoms with Crippen LogP contribution in [0.4, 0.5) is 0 Å². The molecule has 0 radical (unpaired) electrons. The van der Waals surface area contributed by atoms with Crippen LogP contribution < -0.4 is 15.4 Å². The molecule has 6 nitrogen and oxygen atoms in total. The molecule has 2 N–H and O–H groups in total. The van der Waals surface area contributed by atoms with Crippen molar-refractivity contribution < 1.29 is 14.3 Å². The Kier molecular flexibility index (Phi) is 4.07. The number of nitrogens with one attached hydrogen (secondary N) is 2. The molecule has 1 aliphatic heterocycles. The van der Waals surface area contributed by atoms with Crippen molar-refractivity contribution in [1.82, 2.24) is 15.6 Å². The lowest BCUT2D eigenvalue weighted by Gasteiger charge is -2.55. The fraction of sp³-hybridized carbons (Fsp3) is 0.409. The largest absolute Gasteiger partial charge is 0.467 e. The highest BCUT2D eigenvalue weighted by molar-refractivity contribution is 5.98. The Balaban J connectivity index is 1.30. The van der Waals surface area contributed by atoms with E-state index in [2.05, 4.69) is 15.6 Å². The van der Waals surface area contributed by atoms with Crippen molar-refractivity contribution in [1.29, 1.82) is 0 Å². The Hall–Kier alpha value is -2.89. The number of ether oxygens (including phenoxy) is 1. The number of carbonyl (C=O) groups is 2. The monoisotopic (exact) mass is 377 g/mol. The first-order valence-electron chi connectivity index (χ1n) is 9.93. The third-order valence-corrected chi connectivity index (χ3v) is 6.47. The molecule has 1 aromatic heterocycles. The predicted octanol–water partition coefficient (Wildman–Crippen LogP) is 2.65. The third-order valence-electron chi connectivity index (χ3n) is 6.47. The van der Waals surface area contributed by atoms with Gasteiger partial charge in [0.1, 0.15) is 5.75 Å². The molecule has 3 aliphatic carbocycles. The van der Waals surface area contributed by atoms with E-state index in [-0.39, 0.29) is 29.6 Å². The molecule has 0 saturated heterocycles. The molecule has 3 fully saturated rings. The highest BCUT2D eigenvalue weighted by Crippen LogP contribution is 2.52. The van der Waals surface area contributed by atoms with Crippen molar-refractivity contribution in [2.24, 2.45) is 17.8 Å². The molecule has 2 bridgehead atoms. The van der Waals surface area contributed by atoms with Gasteiger partial charge >= 0.3 is 0 Å². The van der Waals surface area contributed by atoms with Gasteiger partial charge in [-0.25, -0.2) is 0 Å². The number of para-hydroxylation sites is 1. The first-order valence-corrected chi connectivity index (χ1v) is 9.93. The number of pyridine rings is 1. The topological polar surface area (TPSA) is 80.3 Å². The van der Waals surface area contributed by atoms with Crippen molar-refractivity contribution in [3.63, 3.8) is 0 Å². The normalized spacial score (nSPS) is 30.3. The second kappa shape index (κ2) is 6.62. The molecule has 144 valence electrons. The van der Waals surface area contributed by atoms with Gasteiger partial charge in [-0.3, -0.25) is 14.6 Å². The Bertz CT molecular complexity index is 916. The summed E-state index contributed by atoms with van der Waals surface area (Å²) >= 11 is 0. The molecular formula is C22H23N3O3. The predicted molar refractivity (Wildman–Crippen MR) is 102 cm³/mol. The van der Waals surface area contributed by atoms with Crippen molar-refractivity contribution in [2.45, 2.75) is 38.0 Å². The molecule has 4 aliphatic rings. The summed E-state index contributed by atoms with van der Waals surface area (Å²) in [5, 5.41) is 6.17. The van der Waals surface area contributed by atoms with E-state index in [0.29, 0.717) is 24.3 Å². The van der Waals surface area contributed by atoms with Gasteiger partial charge in [0.05, 0.1) is 17.8 Å². The molecule has 2 heterocycles. The van der Waals surface area contributed by atoms with Gasteiger partial charge in [0.25, 0.3) is 5.91 Å². The smallest absolute Gasteiger partial charge is 0.258 e. The van der Waals surface area contributed by atoms with E-state index in [0.717, 1.165) is 25.0 Å². The lowest BCUT2D eigenvalue weighted by Crippen LogP contribution is -2.66. The number of nitrogens with zero attached hydrogens (tertiary/aromatic N) is 1. The van der Waals surface area contributed by atoms with Crippen molar-refractivity contribution in [3.05, 3.63) is 59.9 Å². The van der Waals surface area contributed by atoms with Crippen LogP contribution >= 0.6 is 0 Å². The van der Waals surface area contributed by atoms with Crippen LogP contribution in [0.3, 0.4) is 0 Å². The molecule has 2 amide bonds. The Morgan fingerprint density at radius 1 is 1.21 bits per heavy atom. The number of rotatable bonds is 3. The van der Waals surface area contributed by atoms with E-state index in [1.54, 1.807) is 12.3 Å². The lowest BCUT2D eigenvalue weighted by molar-refractivity contribution is -0.146. The van der Waals surface area contributed by atoms with Crippen LogP contribution in [0.25, 0.3) is 0 Å². The van der Waals surface area contributed by atoms with Gasteiger partial charge in [-0.1, -0.05) is 18.2 Å². The number of amides is 2. The fourth-order valence-electron chi connectivity index (χ4n) is 5.09. The second-order valence-corrected chi connectivity index (χ2v) is 8.06. The Labute approximate surface area is 163 Å². The van der Waals surface area contributed by atoms with Gasteiger partial charge in [0, 0.05) is 24.5 Å². The molecule has 0 unspecified atom stereocenters. The maximum Gasteiger partial charge on any atom is 0.258 e. The van der Waals surface area contributed by atoms with Crippen molar-refractivity contribution >= 4 is 11.8 Å². The molecule has 4 atom stereocenters. The standard InChI is InChI=1S/C22H23N3O3/c26-20(24-13-16-5-3-4-10-23-16)18-11-15-9-8-14(18)12-22(15)25-21(27)17-6-1-2-7-19(17)28-22/h1-7,10,14-15,18H,8-9,11-13H2,(H,24,26)(H,25,27)/t14-,15+,18-,22+/m0/s1. The van der Waals surface area contributed by atoms with Gasteiger partial charge in [-0.15, -0.1) is 0 Å². The SMILES string of the molecule is O=C1N[C@]2(C[C@@H]3CC[C@@H]2C[C@@H]3C(=O)NCc2ccccn2)Oc2ccccc21. The van der Waals surface area contributed by atoms with Crippen LogP contribution in [0.5, 0.6) is 5.75 Å². The molecule has 6 heteroatoms. The van der Waals surface area contributed by atoms with Crippen LogP contribution in [0.1, 0.15) is 41.7 Å². The second-order valence-electron chi connectivity index (χ2n) is 8.06. The number of benzene rings is 1. The highest BCUT2D eigenvalue weighted by atomic mass is 16.5. The van der Waals surface area contributed by atoms with Crippen molar-refractivity contribution in [2.75, 3.05) is 0 Å². The van der Waals surface area contributed by atoms with Crippen LogP contribution in [0.2, 0.25) is 0 Å². The average Bonchev–Trinajstić information content (AvgIpc) is 2.73. The summed E-state index contributed by atoms with van der Waals surface area (Å²) in [7, 11) is 0. The third kappa shape index (κ3) is 2.84. The molecule has 28 heavy (non-hydrogen) atoms. The van der Waals surface area contributed by atoms with Gasteiger partial charge in [-0.05, 0) is 49.4 Å². The van der Waals surface area contributed by atoms with Crippen molar-refractivity contribution in [3.8, 4) is 5.75 Å². The van der Waals surface area contributed by atoms with E-state index >= 15 is 0 Å². The Morgan fingerprint density at radius 2 is 2.07 bits per heavy atom. The summed E-state index contributed by atoms with van der Waals surface area (Å²) in [6.45, 7) is 0.444. The van der Waals surface area contributed by atoms with E-state index < -0.39 is 5.72 Å². The van der Waals surface area contributed by atoms with Gasteiger partial charge in [0.15, 0.2) is 5.72 Å². The van der Waals surface area contributed by atoms with E-state index in [9.17, 15) is 9.59 Å². The zero-order valence-corrected chi connectivity index (χ0v) is 15.6. The average molecular weight is 377 g/mol. The van der Waals surface area contributed by atoms with Crippen LogP contribution in [0.15, 0.2) is 48.7 Å². The minimum absolute atomic E-state index is 0.0363.